The normalized spacial score (nSPS) is 10.7. The smallest absolute Gasteiger partial charge is 0.276 e. The summed E-state index contributed by atoms with van der Waals surface area (Å²) in [5, 5.41) is 3.90. The highest BCUT2D eigenvalue weighted by molar-refractivity contribution is 5.55. The van der Waals surface area contributed by atoms with Gasteiger partial charge in [-0.15, -0.1) is 0 Å². The average molecular weight is 242 g/mol. The summed E-state index contributed by atoms with van der Waals surface area (Å²) in [5.41, 5.74) is 7.52. The van der Waals surface area contributed by atoms with Crippen LogP contribution < -0.4 is 5.73 Å². The van der Waals surface area contributed by atoms with Crippen LogP contribution in [-0.4, -0.2) is 24.7 Å². The number of hydrogen-bond donors (Lipinski definition) is 1. The van der Waals surface area contributed by atoms with Crippen LogP contribution in [0, 0.1) is 0 Å². The number of imidazole rings is 1. The molecule has 0 aromatic carbocycles. The lowest BCUT2D eigenvalue weighted by Gasteiger charge is -1.94. The van der Waals surface area contributed by atoms with Crippen LogP contribution in [0.5, 0.6) is 0 Å². The molecule has 0 aliphatic rings. The summed E-state index contributed by atoms with van der Waals surface area (Å²) in [6, 6.07) is 3.46. The van der Waals surface area contributed by atoms with Gasteiger partial charge >= 0.3 is 0 Å². The lowest BCUT2D eigenvalue weighted by molar-refractivity contribution is 0.430. The third-order valence-corrected chi connectivity index (χ3v) is 2.48. The molecule has 0 aliphatic heterocycles. The molecule has 7 nitrogen and oxygen atoms in total. The van der Waals surface area contributed by atoms with Crippen molar-refractivity contribution in [2.24, 2.45) is 7.05 Å². The molecule has 3 rings (SSSR count). The van der Waals surface area contributed by atoms with Crippen LogP contribution in [0.4, 0.5) is 5.69 Å². The SMILES string of the molecule is Cn1cncc1-c1noc(-c2ccc(N)cn2)n1. The van der Waals surface area contributed by atoms with Crippen LogP contribution in [0.3, 0.4) is 0 Å². The van der Waals surface area contributed by atoms with Gasteiger partial charge in [0.05, 0.1) is 24.4 Å². The third-order valence-electron chi connectivity index (χ3n) is 2.48. The largest absolute Gasteiger partial charge is 0.397 e. The summed E-state index contributed by atoms with van der Waals surface area (Å²) < 4.78 is 6.97. The first-order valence-corrected chi connectivity index (χ1v) is 5.26. The molecule has 90 valence electrons. The Kier molecular flexibility index (Phi) is 2.30. The molecular weight excluding hydrogens is 232 g/mol. The van der Waals surface area contributed by atoms with Gasteiger partial charge in [0.1, 0.15) is 11.4 Å². The van der Waals surface area contributed by atoms with E-state index in [1.54, 1.807) is 30.9 Å². The zero-order valence-corrected chi connectivity index (χ0v) is 9.61. The van der Waals surface area contributed by atoms with Gasteiger partial charge in [-0.3, -0.25) is 0 Å². The number of aromatic nitrogens is 5. The maximum absolute atomic E-state index is 5.57. The second kappa shape index (κ2) is 3.95. The predicted octanol–water partition coefficient (Wildman–Crippen LogP) is 1.11. The summed E-state index contributed by atoms with van der Waals surface area (Å²) in [4.78, 5) is 12.4. The van der Waals surface area contributed by atoms with E-state index in [-0.39, 0.29) is 0 Å². The van der Waals surface area contributed by atoms with Crippen molar-refractivity contribution in [3.05, 3.63) is 30.9 Å². The second-order valence-electron chi connectivity index (χ2n) is 3.79. The topological polar surface area (TPSA) is 95.7 Å². The number of nitrogens with zero attached hydrogens (tertiary/aromatic N) is 5. The Hall–Kier alpha value is -2.70. The Morgan fingerprint density at radius 2 is 2.17 bits per heavy atom. The maximum Gasteiger partial charge on any atom is 0.276 e. The molecular formula is C11H10N6O. The molecule has 0 spiro atoms. The van der Waals surface area contributed by atoms with Gasteiger partial charge in [-0.05, 0) is 12.1 Å². The van der Waals surface area contributed by atoms with Crippen LogP contribution in [0.1, 0.15) is 0 Å². The maximum atomic E-state index is 5.57. The van der Waals surface area contributed by atoms with Crippen molar-refractivity contribution < 1.29 is 4.52 Å². The second-order valence-corrected chi connectivity index (χ2v) is 3.79. The Labute approximate surface area is 102 Å². The molecule has 3 aromatic rings. The first-order chi connectivity index (χ1) is 8.74. The highest BCUT2D eigenvalue weighted by Crippen LogP contribution is 2.20. The standard InChI is InChI=1S/C11H10N6O/c1-17-6-13-5-9(17)10-15-11(18-16-10)8-3-2-7(12)4-14-8/h2-6H,12H2,1H3. The summed E-state index contributed by atoms with van der Waals surface area (Å²) in [5.74, 6) is 0.829. The molecule has 0 radical (unpaired) electrons. The van der Waals surface area contributed by atoms with Crippen molar-refractivity contribution in [1.82, 2.24) is 24.7 Å². The van der Waals surface area contributed by atoms with Crippen LogP contribution >= 0.6 is 0 Å². The first kappa shape index (κ1) is 10.5. The van der Waals surface area contributed by atoms with E-state index in [1.165, 1.54) is 0 Å². The minimum atomic E-state index is 0.353. The van der Waals surface area contributed by atoms with E-state index in [9.17, 15) is 0 Å². The Morgan fingerprint density at radius 1 is 1.28 bits per heavy atom. The molecule has 3 aromatic heterocycles. The molecule has 0 amide bonds. The van der Waals surface area contributed by atoms with Crippen molar-refractivity contribution >= 4 is 5.69 Å². The van der Waals surface area contributed by atoms with Gasteiger partial charge in [0.2, 0.25) is 5.82 Å². The number of rotatable bonds is 2. The van der Waals surface area contributed by atoms with Gasteiger partial charge in [-0.25, -0.2) is 9.97 Å². The predicted molar refractivity (Wildman–Crippen MR) is 64.1 cm³/mol. The molecule has 18 heavy (non-hydrogen) atoms. The molecule has 2 N–H and O–H groups in total. The lowest BCUT2D eigenvalue weighted by Crippen LogP contribution is -1.91. The number of nitrogens with two attached hydrogens (primary N) is 1. The molecule has 0 aliphatic carbocycles. The molecule has 3 heterocycles. The molecule has 0 saturated carbocycles. The molecule has 7 heteroatoms. The minimum Gasteiger partial charge on any atom is -0.397 e. The van der Waals surface area contributed by atoms with E-state index < -0.39 is 0 Å². The van der Waals surface area contributed by atoms with E-state index in [1.807, 2.05) is 11.6 Å². The number of nitrogen functional groups attached to an aromatic ring is 1. The summed E-state index contributed by atoms with van der Waals surface area (Å²) in [7, 11) is 1.86. The summed E-state index contributed by atoms with van der Waals surface area (Å²) >= 11 is 0. The van der Waals surface area contributed by atoms with Crippen molar-refractivity contribution in [1.29, 1.82) is 0 Å². The Balaban J connectivity index is 1.99. The highest BCUT2D eigenvalue weighted by Gasteiger charge is 2.13. The fraction of sp³-hybridized carbons (Fsp3) is 0.0909. The van der Waals surface area contributed by atoms with Crippen LogP contribution in [0.25, 0.3) is 23.1 Å². The van der Waals surface area contributed by atoms with Crippen LogP contribution in [0.2, 0.25) is 0 Å². The van der Waals surface area contributed by atoms with Crippen LogP contribution in [-0.2, 0) is 7.05 Å². The van der Waals surface area contributed by atoms with Crippen molar-refractivity contribution in [3.63, 3.8) is 0 Å². The van der Waals surface area contributed by atoms with Gasteiger partial charge in [0.15, 0.2) is 0 Å². The highest BCUT2D eigenvalue weighted by atomic mass is 16.5. The van der Waals surface area contributed by atoms with Gasteiger partial charge < -0.3 is 14.8 Å². The van der Waals surface area contributed by atoms with Gasteiger partial charge in [-0.2, -0.15) is 4.98 Å². The molecule has 0 bridgehead atoms. The average Bonchev–Trinajstić information content (AvgIpc) is 2.98. The number of aryl methyl sites for hydroxylation is 1. The first-order valence-electron chi connectivity index (χ1n) is 5.26. The fourth-order valence-electron chi connectivity index (χ4n) is 1.54. The van der Waals surface area contributed by atoms with E-state index in [0.29, 0.717) is 23.1 Å². The number of pyridine rings is 1. The zero-order chi connectivity index (χ0) is 12.5. The van der Waals surface area contributed by atoms with Gasteiger partial charge in [0.25, 0.3) is 5.89 Å². The molecule has 0 saturated heterocycles. The van der Waals surface area contributed by atoms with Gasteiger partial charge in [-0.1, -0.05) is 5.16 Å². The Bertz CT molecular complexity index is 669. The van der Waals surface area contributed by atoms with E-state index in [4.69, 9.17) is 10.3 Å². The molecule has 0 fully saturated rings. The zero-order valence-electron chi connectivity index (χ0n) is 9.61. The number of anilines is 1. The summed E-state index contributed by atoms with van der Waals surface area (Å²) in [6.45, 7) is 0. The monoisotopic (exact) mass is 242 g/mol. The minimum absolute atomic E-state index is 0.353. The van der Waals surface area contributed by atoms with Gasteiger partial charge in [0, 0.05) is 7.05 Å². The lowest BCUT2D eigenvalue weighted by atomic mass is 10.3. The van der Waals surface area contributed by atoms with Crippen molar-refractivity contribution in [3.8, 4) is 23.1 Å². The third kappa shape index (κ3) is 1.71. The summed E-state index contributed by atoms with van der Waals surface area (Å²) in [6.07, 6.45) is 4.89. The number of hydrogen-bond acceptors (Lipinski definition) is 6. The van der Waals surface area contributed by atoms with Crippen molar-refractivity contribution in [2.75, 3.05) is 5.73 Å². The van der Waals surface area contributed by atoms with Crippen LogP contribution in [0.15, 0.2) is 35.4 Å². The fourth-order valence-corrected chi connectivity index (χ4v) is 1.54. The quantitative estimate of drug-likeness (QED) is 0.723. The van der Waals surface area contributed by atoms with E-state index in [0.717, 1.165) is 5.69 Å². The molecule has 0 unspecified atom stereocenters. The van der Waals surface area contributed by atoms with E-state index >= 15 is 0 Å². The van der Waals surface area contributed by atoms with E-state index in [2.05, 4.69) is 20.1 Å². The Morgan fingerprint density at radius 3 is 2.83 bits per heavy atom. The molecule has 0 atom stereocenters. The van der Waals surface area contributed by atoms with Crippen molar-refractivity contribution in [2.45, 2.75) is 0 Å².